The maximum atomic E-state index is 12.0. The van der Waals surface area contributed by atoms with Crippen LogP contribution in [0.4, 0.5) is 0 Å². The minimum atomic E-state index is -0.609. The molecule has 1 heterocycles. The fraction of sp³-hybridized carbons (Fsp3) is 0.579. The first-order chi connectivity index (χ1) is 11.8. The van der Waals surface area contributed by atoms with E-state index in [1.165, 1.54) is 18.6 Å². The highest BCUT2D eigenvalue weighted by Crippen LogP contribution is 2.35. The monoisotopic (exact) mass is 412 g/mol. The Morgan fingerprint density at radius 2 is 2.12 bits per heavy atom. The lowest BCUT2D eigenvalue weighted by molar-refractivity contribution is -0.165. The Morgan fingerprint density at radius 1 is 1.36 bits per heavy atom. The molecule has 0 spiro atoms. The highest BCUT2D eigenvalue weighted by molar-refractivity contribution is 9.10. The van der Waals surface area contributed by atoms with Crippen molar-refractivity contribution in [3.8, 4) is 0 Å². The second kappa shape index (κ2) is 9.22. The Morgan fingerprint density at radius 3 is 2.76 bits per heavy atom. The molecule has 0 N–H and O–H groups in total. The SMILES string of the molecule is CC1CCC(C(C)C)C(OC(=O)COC(=O)/C=C/c2ccc(Br)o2)C1. The molecule has 1 aromatic heterocycles. The summed E-state index contributed by atoms with van der Waals surface area (Å²) in [7, 11) is 0. The van der Waals surface area contributed by atoms with Gasteiger partial charge in [0.15, 0.2) is 11.3 Å². The number of esters is 2. The van der Waals surface area contributed by atoms with Gasteiger partial charge in [0, 0.05) is 6.08 Å². The second-order valence-electron chi connectivity index (χ2n) is 6.94. The minimum absolute atomic E-state index is 0.0917. The van der Waals surface area contributed by atoms with E-state index < -0.39 is 11.9 Å². The van der Waals surface area contributed by atoms with Gasteiger partial charge in [-0.25, -0.2) is 9.59 Å². The molecular weight excluding hydrogens is 388 g/mol. The van der Waals surface area contributed by atoms with Crippen molar-refractivity contribution in [2.45, 2.75) is 46.1 Å². The van der Waals surface area contributed by atoms with E-state index in [9.17, 15) is 9.59 Å². The molecule has 1 fully saturated rings. The largest absolute Gasteiger partial charge is 0.460 e. The van der Waals surface area contributed by atoms with Gasteiger partial charge in [0.25, 0.3) is 0 Å². The van der Waals surface area contributed by atoms with Gasteiger partial charge in [-0.2, -0.15) is 0 Å². The van der Waals surface area contributed by atoms with Crippen LogP contribution in [0, 0.1) is 17.8 Å². The Hall–Kier alpha value is -1.56. The number of ether oxygens (including phenoxy) is 2. The van der Waals surface area contributed by atoms with Crippen LogP contribution in [-0.4, -0.2) is 24.6 Å². The maximum Gasteiger partial charge on any atom is 0.344 e. The number of carbonyl (C=O) groups is 2. The second-order valence-corrected chi connectivity index (χ2v) is 7.72. The summed E-state index contributed by atoms with van der Waals surface area (Å²) < 4.78 is 16.3. The molecule has 1 aromatic rings. The van der Waals surface area contributed by atoms with Crippen LogP contribution in [-0.2, 0) is 19.1 Å². The number of hydrogen-bond acceptors (Lipinski definition) is 5. The zero-order chi connectivity index (χ0) is 18.4. The molecule has 0 bridgehead atoms. The maximum absolute atomic E-state index is 12.0. The van der Waals surface area contributed by atoms with Crippen LogP contribution in [0.2, 0.25) is 0 Å². The van der Waals surface area contributed by atoms with Gasteiger partial charge in [-0.3, -0.25) is 0 Å². The Balaban J connectivity index is 1.79. The standard InChI is InChI=1S/C19H25BrO5/c1-12(2)15-7-4-13(3)10-16(15)25-19(22)11-23-18(21)9-6-14-5-8-17(20)24-14/h5-6,8-9,12-13,15-16H,4,7,10-11H2,1-3H3/b9-6+. The normalized spacial score (nSPS) is 23.8. The molecular formula is C19H25BrO5. The topological polar surface area (TPSA) is 65.7 Å². The van der Waals surface area contributed by atoms with E-state index in [1.807, 2.05) is 0 Å². The molecule has 6 heteroatoms. The van der Waals surface area contributed by atoms with Crippen molar-refractivity contribution in [3.63, 3.8) is 0 Å². The lowest BCUT2D eigenvalue weighted by atomic mass is 9.75. The molecule has 5 nitrogen and oxygen atoms in total. The van der Waals surface area contributed by atoms with E-state index in [0.717, 1.165) is 12.8 Å². The first kappa shape index (κ1) is 19.8. The molecule has 0 saturated heterocycles. The number of carbonyl (C=O) groups excluding carboxylic acids is 2. The molecule has 3 unspecified atom stereocenters. The molecule has 2 rings (SSSR count). The molecule has 0 aliphatic heterocycles. The summed E-state index contributed by atoms with van der Waals surface area (Å²) in [6.07, 6.45) is 5.72. The van der Waals surface area contributed by atoms with Crippen LogP contribution in [0.3, 0.4) is 0 Å². The summed E-state index contributed by atoms with van der Waals surface area (Å²) in [6.45, 7) is 6.11. The van der Waals surface area contributed by atoms with Crippen LogP contribution < -0.4 is 0 Å². The van der Waals surface area contributed by atoms with E-state index in [-0.39, 0.29) is 12.7 Å². The van der Waals surface area contributed by atoms with Gasteiger partial charge in [0.05, 0.1) is 0 Å². The van der Waals surface area contributed by atoms with Gasteiger partial charge in [-0.05, 0) is 64.7 Å². The van der Waals surface area contributed by atoms with Gasteiger partial charge < -0.3 is 13.9 Å². The lowest BCUT2D eigenvalue weighted by Crippen LogP contribution is -2.36. The average molecular weight is 413 g/mol. The van der Waals surface area contributed by atoms with Crippen molar-refractivity contribution in [2.75, 3.05) is 6.61 Å². The summed E-state index contributed by atoms with van der Waals surface area (Å²) in [6, 6.07) is 3.43. The highest BCUT2D eigenvalue weighted by Gasteiger charge is 2.33. The third-order valence-corrected chi connectivity index (χ3v) is 4.98. The molecule has 1 aliphatic carbocycles. The summed E-state index contributed by atoms with van der Waals surface area (Å²) in [5.74, 6) is 0.791. The van der Waals surface area contributed by atoms with Crippen LogP contribution in [0.5, 0.6) is 0 Å². The van der Waals surface area contributed by atoms with Gasteiger partial charge in [0.1, 0.15) is 11.9 Å². The van der Waals surface area contributed by atoms with Gasteiger partial charge in [-0.15, -0.1) is 0 Å². The molecule has 0 aromatic carbocycles. The Bertz CT molecular complexity index is 619. The quantitative estimate of drug-likeness (QED) is 0.504. The van der Waals surface area contributed by atoms with Crippen molar-refractivity contribution in [1.82, 2.24) is 0 Å². The zero-order valence-corrected chi connectivity index (χ0v) is 16.5. The van der Waals surface area contributed by atoms with Crippen molar-refractivity contribution >= 4 is 33.9 Å². The molecule has 25 heavy (non-hydrogen) atoms. The van der Waals surface area contributed by atoms with Crippen molar-refractivity contribution in [2.24, 2.45) is 17.8 Å². The highest BCUT2D eigenvalue weighted by atomic mass is 79.9. The van der Waals surface area contributed by atoms with Crippen LogP contribution >= 0.6 is 15.9 Å². The van der Waals surface area contributed by atoms with Crippen molar-refractivity contribution in [3.05, 3.63) is 28.6 Å². The predicted molar refractivity (Wildman–Crippen MR) is 97.6 cm³/mol. The lowest BCUT2D eigenvalue weighted by Gasteiger charge is -2.36. The van der Waals surface area contributed by atoms with E-state index in [4.69, 9.17) is 13.9 Å². The molecule has 1 aliphatic rings. The van der Waals surface area contributed by atoms with E-state index in [0.29, 0.717) is 28.2 Å². The summed E-state index contributed by atoms with van der Waals surface area (Å²) in [5.41, 5.74) is 0. The number of hydrogen-bond donors (Lipinski definition) is 0. The number of furan rings is 1. The Kier molecular flexibility index (Phi) is 7.29. The summed E-state index contributed by atoms with van der Waals surface area (Å²) >= 11 is 3.18. The summed E-state index contributed by atoms with van der Waals surface area (Å²) in [4.78, 5) is 23.7. The van der Waals surface area contributed by atoms with E-state index >= 15 is 0 Å². The number of halogens is 1. The van der Waals surface area contributed by atoms with Crippen LogP contribution in [0.25, 0.3) is 6.08 Å². The van der Waals surface area contributed by atoms with E-state index in [1.54, 1.807) is 12.1 Å². The summed E-state index contributed by atoms with van der Waals surface area (Å²) in [5, 5.41) is 0. The predicted octanol–water partition coefficient (Wildman–Crippen LogP) is 4.60. The zero-order valence-electron chi connectivity index (χ0n) is 14.9. The molecule has 138 valence electrons. The van der Waals surface area contributed by atoms with Gasteiger partial charge in [0.2, 0.25) is 0 Å². The molecule has 0 radical (unpaired) electrons. The third-order valence-electron chi connectivity index (χ3n) is 4.55. The third kappa shape index (κ3) is 6.34. The first-order valence-electron chi connectivity index (χ1n) is 8.64. The molecule has 0 amide bonds. The molecule has 1 saturated carbocycles. The van der Waals surface area contributed by atoms with Crippen molar-refractivity contribution < 1.29 is 23.5 Å². The van der Waals surface area contributed by atoms with Crippen molar-refractivity contribution in [1.29, 1.82) is 0 Å². The van der Waals surface area contributed by atoms with Crippen LogP contribution in [0.15, 0.2) is 27.3 Å². The fourth-order valence-electron chi connectivity index (χ4n) is 3.20. The Labute approximate surface area is 156 Å². The molecule has 3 atom stereocenters. The van der Waals surface area contributed by atoms with Crippen LogP contribution in [0.1, 0.15) is 45.8 Å². The van der Waals surface area contributed by atoms with E-state index in [2.05, 4.69) is 36.7 Å². The first-order valence-corrected chi connectivity index (χ1v) is 9.44. The number of rotatable bonds is 6. The average Bonchev–Trinajstić information content (AvgIpc) is 2.96. The smallest absolute Gasteiger partial charge is 0.344 e. The van der Waals surface area contributed by atoms with Gasteiger partial charge >= 0.3 is 11.9 Å². The van der Waals surface area contributed by atoms with Gasteiger partial charge in [-0.1, -0.05) is 27.2 Å². The minimum Gasteiger partial charge on any atom is -0.460 e. The fourth-order valence-corrected chi connectivity index (χ4v) is 3.52.